The third-order valence-corrected chi connectivity index (χ3v) is 1.82. The molecule has 1 atom stereocenters. The molecule has 1 radical (unpaired) electrons. The molecule has 4 heteroatoms. The van der Waals surface area contributed by atoms with E-state index < -0.39 is 0 Å². The summed E-state index contributed by atoms with van der Waals surface area (Å²) in [6.45, 7) is 1.53. The van der Waals surface area contributed by atoms with E-state index in [0.717, 1.165) is 19.4 Å². The van der Waals surface area contributed by atoms with Crippen molar-refractivity contribution in [2.45, 2.75) is 12.8 Å². The highest BCUT2D eigenvalue weighted by molar-refractivity contribution is 5.72. The molecule has 0 aromatic rings. The SMILES string of the molecule is CN(C)OC(=O)[C@H]1CCC[N]C1. The topological polar surface area (TPSA) is 43.6 Å². The van der Waals surface area contributed by atoms with Crippen LogP contribution in [0.25, 0.3) is 0 Å². The number of hydroxylamine groups is 2. The summed E-state index contributed by atoms with van der Waals surface area (Å²) < 4.78 is 0. The van der Waals surface area contributed by atoms with Gasteiger partial charge in [0.1, 0.15) is 0 Å². The first kappa shape index (κ1) is 9.48. The molecule has 4 nitrogen and oxygen atoms in total. The molecule has 0 unspecified atom stereocenters. The molecule has 69 valence electrons. The van der Waals surface area contributed by atoms with Crippen molar-refractivity contribution in [2.24, 2.45) is 5.92 Å². The highest BCUT2D eigenvalue weighted by Gasteiger charge is 2.23. The van der Waals surface area contributed by atoms with Crippen molar-refractivity contribution >= 4 is 5.97 Å². The summed E-state index contributed by atoms with van der Waals surface area (Å²) in [5.41, 5.74) is 0. The second kappa shape index (κ2) is 4.42. The van der Waals surface area contributed by atoms with Gasteiger partial charge in [-0.3, -0.25) is 4.79 Å². The molecule has 1 aliphatic rings. The summed E-state index contributed by atoms with van der Waals surface area (Å²) >= 11 is 0. The molecule has 1 aliphatic heterocycles. The van der Waals surface area contributed by atoms with Crippen LogP contribution in [0.2, 0.25) is 0 Å². The fourth-order valence-corrected chi connectivity index (χ4v) is 1.23. The molecular weight excluding hydrogens is 156 g/mol. The summed E-state index contributed by atoms with van der Waals surface area (Å²) in [4.78, 5) is 16.2. The van der Waals surface area contributed by atoms with E-state index in [-0.39, 0.29) is 11.9 Å². The van der Waals surface area contributed by atoms with Gasteiger partial charge < -0.3 is 4.84 Å². The Balaban J connectivity index is 2.30. The average molecular weight is 171 g/mol. The van der Waals surface area contributed by atoms with E-state index in [2.05, 4.69) is 5.32 Å². The fraction of sp³-hybridized carbons (Fsp3) is 0.875. The lowest BCUT2D eigenvalue weighted by Gasteiger charge is -2.21. The predicted octanol–water partition coefficient (Wildman–Crippen LogP) is 0.0206. The van der Waals surface area contributed by atoms with E-state index in [0.29, 0.717) is 6.54 Å². The Bertz CT molecular complexity index is 153. The lowest BCUT2D eigenvalue weighted by Crippen LogP contribution is -2.34. The lowest BCUT2D eigenvalue weighted by molar-refractivity contribution is -0.184. The summed E-state index contributed by atoms with van der Waals surface area (Å²) in [5.74, 6) is -0.162. The highest BCUT2D eigenvalue weighted by Crippen LogP contribution is 2.12. The summed E-state index contributed by atoms with van der Waals surface area (Å²) in [6, 6.07) is 0. The van der Waals surface area contributed by atoms with Crippen LogP contribution in [0.5, 0.6) is 0 Å². The Hall–Kier alpha value is -0.610. The minimum atomic E-state index is -0.150. The maximum atomic E-state index is 11.3. The van der Waals surface area contributed by atoms with Crippen LogP contribution >= 0.6 is 0 Å². The van der Waals surface area contributed by atoms with E-state index >= 15 is 0 Å². The smallest absolute Gasteiger partial charge is 0.329 e. The van der Waals surface area contributed by atoms with Gasteiger partial charge in [-0.25, -0.2) is 5.32 Å². The second-order valence-electron chi connectivity index (χ2n) is 3.19. The zero-order chi connectivity index (χ0) is 8.97. The van der Waals surface area contributed by atoms with Gasteiger partial charge in [-0.1, -0.05) is 0 Å². The van der Waals surface area contributed by atoms with Crippen LogP contribution in [0.4, 0.5) is 0 Å². The molecule has 0 bridgehead atoms. The fourth-order valence-electron chi connectivity index (χ4n) is 1.23. The molecule has 0 aromatic carbocycles. The Morgan fingerprint density at radius 2 is 2.33 bits per heavy atom. The Morgan fingerprint density at radius 1 is 1.58 bits per heavy atom. The number of carbonyl (C=O) groups is 1. The minimum absolute atomic E-state index is 0.0128. The number of carbonyl (C=O) groups excluding carboxylic acids is 1. The van der Waals surface area contributed by atoms with Crippen molar-refractivity contribution in [3.63, 3.8) is 0 Å². The largest absolute Gasteiger partial charge is 0.368 e. The summed E-state index contributed by atoms with van der Waals surface area (Å²) in [7, 11) is 3.41. The van der Waals surface area contributed by atoms with Gasteiger partial charge in [-0.15, -0.1) is 5.06 Å². The van der Waals surface area contributed by atoms with Gasteiger partial charge in [0.2, 0.25) is 0 Å². The zero-order valence-corrected chi connectivity index (χ0v) is 7.62. The third-order valence-electron chi connectivity index (χ3n) is 1.82. The Labute approximate surface area is 72.8 Å². The van der Waals surface area contributed by atoms with Crippen LogP contribution in [0.15, 0.2) is 0 Å². The average Bonchev–Trinajstić information content (AvgIpc) is 2.05. The van der Waals surface area contributed by atoms with Gasteiger partial charge in [0.15, 0.2) is 0 Å². The van der Waals surface area contributed by atoms with Crippen LogP contribution < -0.4 is 5.32 Å². The second-order valence-corrected chi connectivity index (χ2v) is 3.19. The molecule has 1 rings (SSSR count). The first-order valence-corrected chi connectivity index (χ1v) is 4.22. The van der Waals surface area contributed by atoms with Crippen molar-refractivity contribution in [3.8, 4) is 0 Å². The Kier molecular flexibility index (Phi) is 3.49. The third kappa shape index (κ3) is 2.79. The van der Waals surface area contributed by atoms with Crippen LogP contribution in [0.3, 0.4) is 0 Å². The van der Waals surface area contributed by atoms with E-state index in [1.54, 1.807) is 14.1 Å². The summed E-state index contributed by atoms with van der Waals surface area (Å²) in [6.07, 6.45) is 1.92. The van der Waals surface area contributed by atoms with Crippen molar-refractivity contribution in [1.82, 2.24) is 10.4 Å². The number of hydrogen-bond acceptors (Lipinski definition) is 3. The molecule has 12 heavy (non-hydrogen) atoms. The standard InChI is InChI=1S/C8H15N2O2/c1-10(2)12-8(11)7-4-3-5-9-6-7/h7H,3-6H2,1-2H3/t7-/m0/s1. The first-order chi connectivity index (χ1) is 5.70. The maximum Gasteiger partial charge on any atom is 0.329 e. The molecule has 1 saturated heterocycles. The molecule has 0 aromatic heterocycles. The molecular formula is C8H15N2O2. The number of nitrogens with zero attached hydrogens (tertiary/aromatic N) is 2. The molecule has 0 amide bonds. The van der Waals surface area contributed by atoms with Gasteiger partial charge in [-0.05, 0) is 12.8 Å². The summed E-state index contributed by atoms with van der Waals surface area (Å²) in [5, 5.41) is 5.60. The quantitative estimate of drug-likeness (QED) is 0.550. The van der Waals surface area contributed by atoms with Crippen LogP contribution in [-0.2, 0) is 9.63 Å². The first-order valence-electron chi connectivity index (χ1n) is 4.22. The molecule has 0 aliphatic carbocycles. The van der Waals surface area contributed by atoms with Gasteiger partial charge in [0, 0.05) is 27.2 Å². The highest BCUT2D eigenvalue weighted by atomic mass is 16.7. The number of rotatable bonds is 2. The number of hydrogen-bond donors (Lipinski definition) is 0. The predicted molar refractivity (Wildman–Crippen MR) is 44.4 cm³/mol. The lowest BCUT2D eigenvalue weighted by atomic mass is 10.0. The normalized spacial score (nSPS) is 24.1. The van der Waals surface area contributed by atoms with E-state index in [1.165, 1.54) is 5.06 Å². The molecule has 0 saturated carbocycles. The maximum absolute atomic E-state index is 11.3. The van der Waals surface area contributed by atoms with Crippen LogP contribution in [0.1, 0.15) is 12.8 Å². The van der Waals surface area contributed by atoms with Crippen molar-refractivity contribution in [2.75, 3.05) is 27.2 Å². The van der Waals surface area contributed by atoms with Crippen molar-refractivity contribution < 1.29 is 9.63 Å². The monoisotopic (exact) mass is 171 g/mol. The van der Waals surface area contributed by atoms with Gasteiger partial charge in [0.25, 0.3) is 0 Å². The molecule has 0 spiro atoms. The van der Waals surface area contributed by atoms with Gasteiger partial charge in [0.05, 0.1) is 5.92 Å². The molecule has 1 heterocycles. The van der Waals surface area contributed by atoms with E-state index in [4.69, 9.17) is 4.84 Å². The number of piperidine rings is 1. The van der Waals surface area contributed by atoms with E-state index in [9.17, 15) is 4.79 Å². The minimum Gasteiger partial charge on any atom is -0.368 e. The molecule has 0 N–H and O–H groups in total. The van der Waals surface area contributed by atoms with Crippen molar-refractivity contribution in [3.05, 3.63) is 0 Å². The van der Waals surface area contributed by atoms with Crippen LogP contribution in [0, 0.1) is 5.92 Å². The van der Waals surface area contributed by atoms with Crippen molar-refractivity contribution in [1.29, 1.82) is 0 Å². The Morgan fingerprint density at radius 3 is 2.83 bits per heavy atom. The molecule has 1 fully saturated rings. The zero-order valence-electron chi connectivity index (χ0n) is 7.62. The van der Waals surface area contributed by atoms with Gasteiger partial charge >= 0.3 is 5.97 Å². The van der Waals surface area contributed by atoms with Gasteiger partial charge in [-0.2, -0.15) is 0 Å². The van der Waals surface area contributed by atoms with E-state index in [1.807, 2.05) is 0 Å². The van der Waals surface area contributed by atoms with Crippen LogP contribution in [-0.4, -0.2) is 38.2 Å².